The van der Waals surface area contributed by atoms with E-state index in [1.807, 2.05) is 43.3 Å². The first kappa shape index (κ1) is 15.3. The molecule has 2 heteroatoms. The lowest BCUT2D eigenvalue weighted by atomic mass is 9.58. The molecule has 0 spiro atoms. The number of benzene rings is 2. The Balaban J connectivity index is 2.12. The third-order valence-electron chi connectivity index (χ3n) is 5.05. The van der Waals surface area contributed by atoms with E-state index in [0.29, 0.717) is 6.42 Å². The molecule has 2 atom stereocenters. The minimum Gasteiger partial charge on any atom is -0.390 e. The smallest absolute Gasteiger partial charge is 0.126 e. The summed E-state index contributed by atoms with van der Waals surface area (Å²) in [5.74, 6) is 0. The van der Waals surface area contributed by atoms with Crippen molar-refractivity contribution in [3.63, 3.8) is 0 Å². The molecule has 1 N–H and O–H groups in total. The lowest BCUT2D eigenvalue weighted by molar-refractivity contribution is -0.320. The Morgan fingerprint density at radius 3 is 1.77 bits per heavy atom. The summed E-state index contributed by atoms with van der Waals surface area (Å²) in [5, 5.41) is 10.3. The average Bonchev–Trinajstić information content (AvgIpc) is 2.56. The van der Waals surface area contributed by atoms with Gasteiger partial charge in [0, 0.05) is 5.41 Å². The standard InChI is InChI=1S/C20H24O2/c1-4-17(21)18-19(2,3)20(22-18,15-11-7-5-8-12-15)16-13-9-6-10-14-16/h5-14,17-18,21H,4H2,1-3H3/t17-,18-/m0/s1. The van der Waals surface area contributed by atoms with Crippen LogP contribution in [0.2, 0.25) is 0 Å². The molecule has 1 heterocycles. The Labute approximate surface area is 132 Å². The topological polar surface area (TPSA) is 29.5 Å². The Bertz CT molecular complexity index is 579. The van der Waals surface area contributed by atoms with Crippen molar-refractivity contribution in [1.29, 1.82) is 0 Å². The lowest BCUT2D eigenvalue weighted by Gasteiger charge is -2.63. The largest absolute Gasteiger partial charge is 0.390 e. The zero-order chi connectivity index (χ0) is 15.8. The molecule has 0 radical (unpaired) electrons. The predicted octanol–water partition coefficient (Wildman–Crippen LogP) is 4.13. The van der Waals surface area contributed by atoms with Gasteiger partial charge < -0.3 is 9.84 Å². The van der Waals surface area contributed by atoms with Crippen LogP contribution in [0.5, 0.6) is 0 Å². The van der Waals surface area contributed by atoms with Crippen molar-refractivity contribution >= 4 is 0 Å². The van der Waals surface area contributed by atoms with Crippen molar-refractivity contribution in [1.82, 2.24) is 0 Å². The summed E-state index contributed by atoms with van der Waals surface area (Å²) in [4.78, 5) is 0. The predicted molar refractivity (Wildman–Crippen MR) is 88.6 cm³/mol. The summed E-state index contributed by atoms with van der Waals surface area (Å²) >= 11 is 0. The van der Waals surface area contributed by atoms with Gasteiger partial charge in [-0.25, -0.2) is 0 Å². The van der Waals surface area contributed by atoms with E-state index in [9.17, 15) is 5.11 Å². The molecular formula is C20H24O2. The fourth-order valence-electron chi connectivity index (χ4n) is 3.80. The lowest BCUT2D eigenvalue weighted by Crippen LogP contribution is -2.68. The van der Waals surface area contributed by atoms with Crippen LogP contribution in [0, 0.1) is 5.41 Å². The summed E-state index contributed by atoms with van der Waals surface area (Å²) in [6.45, 7) is 6.38. The number of aliphatic hydroxyl groups is 1. The van der Waals surface area contributed by atoms with E-state index in [4.69, 9.17) is 4.74 Å². The van der Waals surface area contributed by atoms with Crippen molar-refractivity contribution in [3.05, 3.63) is 71.8 Å². The summed E-state index contributed by atoms with van der Waals surface area (Å²) < 4.78 is 6.42. The second-order valence-electron chi connectivity index (χ2n) is 6.65. The highest BCUT2D eigenvalue weighted by Gasteiger charge is 2.64. The van der Waals surface area contributed by atoms with Crippen LogP contribution in [0.4, 0.5) is 0 Å². The van der Waals surface area contributed by atoms with Crippen molar-refractivity contribution in [2.75, 3.05) is 0 Å². The molecule has 0 saturated carbocycles. The maximum absolute atomic E-state index is 10.3. The third kappa shape index (κ3) is 2.02. The minimum absolute atomic E-state index is 0.155. The zero-order valence-electron chi connectivity index (χ0n) is 13.5. The number of hydrogen-bond acceptors (Lipinski definition) is 2. The first-order chi connectivity index (χ1) is 10.5. The average molecular weight is 296 g/mol. The minimum atomic E-state index is -0.504. The highest BCUT2D eigenvalue weighted by Crippen LogP contribution is 2.60. The van der Waals surface area contributed by atoms with Gasteiger partial charge in [-0.1, -0.05) is 81.4 Å². The van der Waals surface area contributed by atoms with Crippen LogP contribution in [0.3, 0.4) is 0 Å². The molecular weight excluding hydrogens is 272 g/mol. The molecule has 0 unspecified atom stereocenters. The highest BCUT2D eigenvalue weighted by atomic mass is 16.6. The van der Waals surface area contributed by atoms with Crippen molar-refractivity contribution in [3.8, 4) is 0 Å². The molecule has 3 rings (SSSR count). The van der Waals surface area contributed by atoms with Gasteiger partial charge in [-0.05, 0) is 17.5 Å². The Hall–Kier alpha value is -1.64. The molecule has 0 bridgehead atoms. The Morgan fingerprint density at radius 1 is 0.955 bits per heavy atom. The molecule has 1 aliphatic rings. The van der Waals surface area contributed by atoms with Crippen LogP contribution < -0.4 is 0 Å². The molecule has 2 aromatic rings. The van der Waals surface area contributed by atoms with E-state index >= 15 is 0 Å². The van der Waals surface area contributed by atoms with Gasteiger partial charge in [0.15, 0.2) is 0 Å². The van der Waals surface area contributed by atoms with Crippen LogP contribution in [0.15, 0.2) is 60.7 Å². The van der Waals surface area contributed by atoms with Gasteiger partial charge in [-0.15, -0.1) is 0 Å². The molecule has 0 aromatic heterocycles. The van der Waals surface area contributed by atoms with E-state index in [-0.39, 0.29) is 11.5 Å². The maximum Gasteiger partial charge on any atom is 0.126 e. The van der Waals surface area contributed by atoms with Crippen molar-refractivity contribution < 1.29 is 9.84 Å². The first-order valence-corrected chi connectivity index (χ1v) is 8.01. The number of rotatable bonds is 4. The molecule has 116 valence electrons. The van der Waals surface area contributed by atoms with Crippen molar-refractivity contribution in [2.45, 2.75) is 45.0 Å². The fourth-order valence-corrected chi connectivity index (χ4v) is 3.80. The molecule has 1 aliphatic heterocycles. The summed E-state index contributed by atoms with van der Waals surface area (Å²) in [7, 11) is 0. The van der Waals surface area contributed by atoms with Gasteiger partial charge in [-0.2, -0.15) is 0 Å². The van der Waals surface area contributed by atoms with E-state index in [1.54, 1.807) is 0 Å². The maximum atomic E-state index is 10.3. The Morgan fingerprint density at radius 2 is 1.41 bits per heavy atom. The van der Waals surface area contributed by atoms with Gasteiger partial charge in [-0.3, -0.25) is 0 Å². The van der Waals surface area contributed by atoms with Crippen LogP contribution in [0.1, 0.15) is 38.3 Å². The number of aliphatic hydroxyl groups excluding tert-OH is 1. The first-order valence-electron chi connectivity index (χ1n) is 8.01. The quantitative estimate of drug-likeness (QED) is 0.919. The van der Waals surface area contributed by atoms with Gasteiger partial charge >= 0.3 is 0 Å². The molecule has 1 saturated heterocycles. The monoisotopic (exact) mass is 296 g/mol. The van der Waals surface area contributed by atoms with E-state index < -0.39 is 11.7 Å². The zero-order valence-corrected chi connectivity index (χ0v) is 13.5. The molecule has 0 aliphatic carbocycles. The molecule has 1 fully saturated rings. The summed E-state index contributed by atoms with van der Waals surface area (Å²) in [5.41, 5.74) is 1.60. The molecule has 2 aromatic carbocycles. The number of hydrogen-bond donors (Lipinski definition) is 1. The highest BCUT2D eigenvalue weighted by molar-refractivity contribution is 5.42. The summed E-state index contributed by atoms with van der Waals surface area (Å²) in [6, 6.07) is 20.7. The summed E-state index contributed by atoms with van der Waals surface area (Å²) in [6.07, 6.45) is 0.113. The van der Waals surface area contributed by atoms with Gasteiger partial charge in [0.05, 0.1) is 12.2 Å². The fraction of sp³-hybridized carbons (Fsp3) is 0.400. The van der Waals surface area contributed by atoms with E-state index in [2.05, 4.69) is 38.1 Å². The molecule has 22 heavy (non-hydrogen) atoms. The van der Waals surface area contributed by atoms with Crippen molar-refractivity contribution in [2.24, 2.45) is 5.41 Å². The normalized spacial score (nSPS) is 23.5. The van der Waals surface area contributed by atoms with Crippen LogP contribution in [0.25, 0.3) is 0 Å². The van der Waals surface area contributed by atoms with Crippen LogP contribution >= 0.6 is 0 Å². The number of ether oxygens (including phenoxy) is 1. The van der Waals surface area contributed by atoms with Gasteiger partial charge in [0.2, 0.25) is 0 Å². The SMILES string of the molecule is CC[C@H](O)[C@@H]1OC(c2ccccc2)(c2ccccc2)C1(C)C. The van der Waals surface area contributed by atoms with Crippen LogP contribution in [-0.2, 0) is 10.3 Å². The third-order valence-corrected chi connectivity index (χ3v) is 5.05. The molecule has 2 nitrogen and oxygen atoms in total. The van der Waals surface area contributed by atoms with E-state index in [1.165, 1.54) is 0 Å². The second kappa shape index (κ2) is 5.53. The van der Waals surface area contributed by atoms with E-state index in [0.717, 1.165) is 11.1 Å². The van der Waals surface area contributed by atoms with Crippen LogP contribution in [-0.4, -0.2) is 17.3 Å². The van der Waals surface area contributed by atoms with Gasteiger partial charge in [0.25, 0.3) is 0 Å². The second-order valence-corrected chi connectivity index (χ2v) is 6.65. The van der Waals surface area contributed by atoms with Gasteiger partial charge in [0.1, 0.15) is 5.60 Å². The Kier molecular flexibility index (Phi) is 3.84. The molecule has 0 amide bonds.